The molecule has 46 valence electrons. The van der Waals surface area contributed by atoms with Crippen molar-refractivity contribution in [3.8, 4) is 0 Å². The number of rotatable bonds is 0. The molecule has 0 bridgehead atoms. The summed E-state index contributed by atoms with van der Waals surface area (Å²) >= 11 is 0. The first-order valence-electron chi connectivity index (χ1n) is 2.87. The van der Waals surface area contributed by atoms with Gasteiger partial charge in [0.05, 0.1) is 19.1 Å². The third kappa shape index (κ3) is 0.602. The van der Waals surface area contributed by atoms with Crippen molar-refractivity contribution in [3.05, 3.63) is 0 Å². The van der Waals surface area contributed by atoms with Gasteiger partial charge in [-0.1, -0.05) is 6.92 Å². The van der Waals surface area contributed by atoms with Gasteiger partial charge in [-0.05, 0) is 6.92 Å². The van der Waals surface area contributed by atoms with E-state index >= 15 is 0 Å². The first-order valence-corrected chi connectivity index (χ1v) is 2.87. The Morgan fingerprint density at radius 3 is 2.25 bits per heavy atom. The number of nitrogens with zero attached hydrogens (tertiary/aromatic N) is 1. The van der Waals surface area contributed by atoms with Crippen molar-refractivity contribution in [2.45, 2.75) is 19.9 Å². The molecule has 2 atom stereocenters. The molecule has 0 fully saturated rings. The van der Waals surface area contributed by atoms with Gasteiger partial charge < -0.3 is 4.74 Å². The largest absolute Gasteiger partial charge is 0.484 e. The zero-order valence-corrected chi connectivity index (χ0v) is 5.51. The minimum atomic E-state index is 0.477. The van der Waals surface area contributed by atoms with Gasteiger partial charge in [0.2, 0.25) is 0 Å². The highest BCUT2D eigenvalue weighted by Gasteiger charge is 2.27. The lowest BCUT2D eigenvalue weighted by atomic mass is 9.98. The topological polar surface area (TPSA) is 21.6 Å². The van der Waals surface area contributed by atoms with Crippen LogP contribution in [0.2, 0.25) is 0 Å². The summed E-state index contributed by atoms with van der Waals surface area (Å²) in [5.74, 6) is 1.44. The van der Waals surface area contributed by atoms with Gasteiger partial charge in [-0.2, -0.15) is 0 Å². The molecule has 8 heavy (non-hydrogen) atoms. The van der Waals surface area contributed by atoms with E-state index in [1.807, 2.05) is 0 Å². The molecule has 0 radical (unpaired) electrons. The number of methoxy groups -OCH3 is 1. The Balaban J connectivity index is 2.50. The normalized spacial score (nSPS) is 35.6. The molecular weight excluding hydrogens is 102 g/mol. The lowest BCUT2D eigenvalue weighted by Gasteiger charge is -2.26. The summed E-state index contributed by atoms with van der Waals surface area (Å²) in [6, 6.07) is 0.477. The lowest BCUT2D eigenvalue weighted by molar-refractivity contribution is 0.322. The van der Waals surface area contributed by atoms with Crippen molar-refractivity contribution in [1.29, 1.82) is 0 Å². The van der Waals surface area contributed by atoms with Gasteiger partial charge in [-0.15, -0.1) is 0 Å². The minimum absolute atomic E-state index is 0.477. The summed E-state index contributed by atoms with van der Waals surface area (Å²) in [5.41, 5.74) is 0. The standard InChI is InChI=1S/C6H11NO/c1-4-5(2)7-6(4)8-3/h4-5H,1-3H3. The van der Waals surface area contributed by atoms with Crippen LogP contribution in [0.3, 0.4) is 0 Å². The van der Waals surface area contributed by atoms with E-state index in [0.29, 0.717) is 12.0 Å². The van der Waals surface area contributed by atoms with Crippen molar-refractivity contribution < 1.29 is 4.74 Å². The Bertz CT molecular complexity index is 120. The van der Waals surface area contributed by atoms with Crippen molar-refractivity contribution in [3.63, 3.8) is 0 Å². The molecule has 1 heterocycles. The molecule has 0 N–H and O–H groups in total. The Morgan fingerprint density at radius 1 is 1.50 bits per heavy atom. The second kappa shape index (κ2) is 1.77. The van der Waals surface area contributed by atoms with Crippen LogP contribution < -0.4 is 0 Å². The van der Waals surface area contributed by atoms with Gasteiger partial charge in [0.15, 0.2) is 5.90 Å². The maximum Gasteiger partial charge on any atom is 0.188 e. The Hall–Kier alpha value is -0.530. The molecule has 0 spiro atoms. The van der Waals surface area contributed by atoms with Crippen LogP contribution in [-0.2, 0) is 4.74 Å². The number of hydrogen-bond donors (Lipinski definition) is 0. The number of hydrogen-bond acceptors (Lipinski definition) is 2. The van der Waals surface area contributed by atoms with E-state index in [4.69, 9.17) is 4.74 Å². The van der Waals surface area contributed by atoms with E-state index in [-0.39, 0.29) is 0 Å². The average Bonchev–Trinajstić information content (AvgIpc) is 1.81. The van der Waals surface area contributed by atoms with Gasteiger partial charge in [0.1, 0.15) is 0 Å². The van der Waals surface area contributed by atoms with Crippen molar-refractivity contribution >= 4 is 5.90 Å². The molecule has 1 aliphatic rings. The van der Waals surface area contributed by atoms with Crippen LogP contribution in [0.4, 0.5) is 0 Å². The predicted molar refractivity (Wildman–Crippen MR) is 33.1 cm³/mol. The molecule has 0 aromatic carbocycles. The van der Waals surface area contributed by atoms with Gasteiger partial charge >= 0.3 is 0 Å². The molecule has 2 heteroatoms. The molecule has 2 unspecified atom stereocenters. The molecule has 1 rings (SSSR count). The van der Waals surface area contributed by atoms with Crippen LogP contribution in [0.5, 0.6) is 0 Å². The third-order valence-electron chi connectivity index (χ3n) is 1.65. The summed E-state index contributed by atoms with van der Waals surface area (Å²) in [7, 11) is 1.67. The Morgan fingerprint density at radius 2 is 2.12 bits per heavy atom. The van der Waals surface area contributed by atoms with E-state index in [1.165, 1.54) is 0 Å². The maximum absolute atomic E-state index is 4.92. The molecule has 0 aromatic heterocycles. The molecule has 1 aliphatic heterocycles. The second-order valence-electron chi connectivity index (χ2n) is 2.20. The summed E-state index contributed by atoms with van der Waals surface area (Å²) in [6.45, 7) is 4.21. The second-order valence-corrected chi connectivity index (χ2v) is 2.20. The lowest BCUT2D eigenvalue weighted by Crippen LogP contribution is -2.33. The van der Waals surface area contributed by atoms with Gasteiger partial charge in [-0.25, -0.2) is 0 Å². The summed E-state index contributed by atoms with van der Waals surface area (Å²) in [5, 5.41) is 0. The van der Waals surface area contributed by atoms with Crippen molar-refractivity contribution in [1.82, 2.24) is 0 Å². The van der Waals surface area contributed by atoms with E-state index in [2.05, 4.69) is 18.8 Å². The fraction of sp³-hybridized carbons (Fsp3) is 0.833. The van der Waals surface area contributed by atoms with Gasteiger partial charge in [-0.3, -0.25) is 4.99 Å². The first kappa shape index (κ1) is 5.60. The van der Waals surface area contributed by atoms with Crippen LogP contribution in [0.15, 0.2) is 4.99 Å². The molecule has 2 nitrogen and oxygen atoms in total. The fourth-order valence-corrected chi connectivity index (χ4v) is 0.793. The van der Waals surface area contributed by atoms with Gasteiger partial charge in [0.25, 0.3) is 0 Å². The fourth-order valence-electron chi connectivity index (χ4n) is 0.793. The SMILES string of the molecule is COC1=NC(C)C1C. The summed E-state index contributed by atoms with van der Waals surface area (Å²) < 4.78 is 4.92. The quantitative estimate of drug-likeness (QED) is 0.460. The number of ether oxygens (including phenoxy) is 1. The van der Waals surface area contributed by atoms with Crippen LogP contribution in [0.25, 0.3) is 0 Å². The highest BCUT2D eigenvalue weighted by Crippen LogP contribution is 2.19. The van der Waals surface area contributed by atoms with E-state index in [1.54, 1.807) is 7.11 Å². The van der Waals surface area contributed by atoms with Crippen LogP contribution >= 0.6 is 0 Å². The smallest absolute Gasteiger partial charge is 0.188 e. The zero-order chi connectivity index (χ0) is 6.15. The highest BCUT2D eigenvalue weighted by molar-refractivity contribution is 5.83. The van der Waals surface area contributed by atoms with Crippen LogP contribution in [-0.4, -0.2) is 19.0 Å². The third-order valence-corrected chi connectivity index (χ3v) is 1.65. The van der Waals surface area contributed by atoms with Crippen LogP contribution in [0.1, 0.15) is 13.8 Å². The number of aliphatic imine (C=N–C) groups is 1. The van der Waals surface area contributed by atoms with E-state index < -0.39 is 0 Å². The van der Waals surface area contributed by atoms with E-state index in [0.717, 1.165) is 5.90 Å². The summed E-state index contributed by atoms with van der Waals surface area (Å²) in [6.07, 6.45) is 0. The molecule has 0 saturated carbocycles. The monoisotopic (exact) mass is 113 g/mol. The predicted octanol–water partition coefficient (Wildman–Crippen LogP) is 1.07. The molecule has 0 saturated heterocycles. The van der Waals surface area contributed by atoms with E-state index in [9.17, 15) is 0 Å². The molecule has 0 aromatic rings. The molecule has 0 amide bonds. The van der Waals surface area contributed by atoms with Crippen molar-refractivity contribution in [2.24, 2.45) is 10.9 Å². The average molecular weight is 113 g/mol. The minimum Gasteiger partial charge on any atom is -0.484 e. The highest BCUT2D eigenvalue weighted by atomic mass is 16.5. The Kier molecular flexibility index (Phi) is 1.24. The maximum atomic E-state index is 4.92. The Labute approximate surface area is 49.6 Å². The molecular formula is C6H11NO. The van der Waals surface area contributed by atoms with Crippen molar-refractivity contribution in [2.75, 3.05) is 7.11 Å². The first-order chi connectivity index (χ1) is 3.75. The van der Waals surface area contributed by atoms with Crippen LogP contribution in [0, 0.1) is 5.92 Å². The molecule has 0 aliphatic carbocycles. The summed E-state index contributed by atoms with van der Waals surface area (Å²) in [4.78, 5) is 4.12. The zero-order valence-electron chi connectivity index (χ0n) is 5.51. The van der Waals surface area contributed by atoms with Gasteiger partial charge in [0, 0.05) is 0 Å².